The van der Waals surface area contributed by atoms with Crippen LogP contribution < -0.4 is 0 Å². The molecule has 3 nitrogen and oxygen atoms in total. The Bertz CT molecular complexity index is 518. The Labute approximate surface area is 172 Å². The first-order valence-corrected chi connectivity index (χ1v) is 10.3. The molecule has 1 rings (SSSR count). The van der Waals surface area contributed by atoms with Crippen molar-refractivity contribution in [1.82, 2.24) is 4.98 Å². The smallest absolute Gasteiger partial charge is 0.333 e. The van der Waals surface area contributed by atoms with E-state index in [-0.39, 0.29) is 30.4 Å². The Hall–Kier alpha value is -1.35. The maximum absolute atomic E-state index is 11.9. The number of esters is 1. The summed E-state index contributed by atoms with van der Waals surface area (Å²) in [7, 11) is 0. The fourth-order valence-corrected chi connectivity index (χ4v) is 3.31. The minimum absolute atomic E-state index is 0. The highest BCUT2D eigenvalue weighted by Gasteiger charge is 2.22. The Balaban J connectivity index is 0.00000676. The molecule has 154 valence electrons. The van der Waals surface area contributed by atoms with Crippen LogP contribution in [0.4, 0.5) is 0 Å². The first kappa shape index (κ1) is 25.6. The standard InChI is InChI=1S/C23H37NO2.ClH/c1-5-6-7-8-9-10-11-12-13-14-22(21-15-17-24-18-16-21)20(4)26-23(25)19(2)3;/h15-18,20,22H,2,5-14H2,1,3-4H3;1H. The van der Waals surface area contributed by atoms with E-state index in [9.17, 15) is 4.79 Å². The summed E-state index contributed by atoms with van der Waals surface area (Å²) in [4.78, 5) is 16.0. The predicted octanol–water partition coefficient (Wildman–Crippen LogP) is 7.02. The molecule has 0 saturated carbocycles. The van der Waals surface area contributed by atoms with E-state index in [0.717, 1.165) is 12.8 Å². The number of hydrogen-bond acceptors (Lipinski definition) is 3. The second kappa shape index (κ2) is 15.7. The number of ether oxygens (including phenoxy) is 1. The molecule has 0 amide bonds. The Kier molecular flexibility index (Phi) is 14.9. The van der Waals surface area contributed by atoms with Crippen LogP contribution in [-0.2, 0) is 9.53 Å². The average Bonchev–Trinajstić information content (AvgIpc) is 2.63. The van der Waals surface area contributed by atoms with Crippen LogP contribution in [0.15, 0.2) is 36.7 Å². The minimum atomic E-state index is -0.302. The lowest BCUT2D eigenvalue weighted by Crippen LogP contribution is -2.23. The fourth-order valence-electron chi connectivity index (χ4n) is 3.31. The molecule has 1 heterocycles. The van der Waals surface area contributed by atoms with Gasteiger partial charge in [0, 0.05) is 23.9 Å². The molecule has 0 N–H and O–H groups in total. The number of carbonyl (C=O) groups is 1. The molecule has 0 fully saturated rings. The molecule has 0 aromatic carbocycles. The molecular weight excluding hydrogens is 358 g/mol. The number of unbranched alkanes of at least 4 members (excludes halogenated alkanes) is 8. The summed E-state index contributed by atoms with van der Waals surface area (Å²) in [5, 5.41) is 0. The SMILES string of the molecule is C=C(C)C(=O)OC(C)C(CCCCCCCCCCC)c1ccncc1.Cl. The first-order valence-electron chi connectivity index (χ1n) is 10.3. The molecule has 27 heavy (non-hydrogen) atoms. The van der Waals surface area contributed by atoms with E-state index in [1.54, 1.807) is 6.92 Å². The molecule has 1 aromatic heterocycles. The molecular formula is C23H38ClNO2. The number of carbonyl (C=O) groups excluding carboxylic acids is 1. The van der Waals surface area contributed by atoms with Crippen molar-refractivity contribution in [3.63, 3.8) is 0 Å². The van der Waals surface area contributed by atoms with Crippen molar-refractivity contribution >= 4 is 18.4 Å². The quantitative estimate of drug-likeness (QED) is 0.193. The third kappa shape index (κ3) is 11.2. The van der Waals surface area contributed by atoms with Crippen LogP contribution in [0.25, 0.3) is 0 Å². The molecule has 4 heteroatoms. The molecule has 0 radical (unpaired) electrons. The normalized spacial score (nSPS) is 12.7. The van der Waals surface area contributed by atoms with E-state index >= 15 is 0 Å². The summed E-state index contributed by atoms with van der Waals surface area (Å²) < 4.78 is 5.60. The maximum atomic E-state index is 11.9. The fraction of sp³-hybridized carbons (Fsp3) is 0.652. The molecule has 0 aliphatic heterocycles. The van der Waals surface area contributed by atoms with Gasteiger partial charge in [0.25, 0.3) is 0 Å². The lowest BCUT2D eigenvalue weighted by Gasteiger charge is -2.24. The molecule has 2 unspecified atom stereocenters. The molecule has 0 saturated heterocycles. The minimum Gasteiger partial charge on any atom is -0.459 e. The van der Waals surface area contributed by atoms with E-state index in [1.807, 2.05) is 31.5 Å². The van der Waals surface area contributed by atoms with Crippen molar-refractivity contribution < 1.29 is 9.53 Å². The van der Waals surface area contributed by atoms with Gasteiger partial charge in [0.2, 0.25) is 0 Å². The van der Waals surface area contributed by atoms with Gasteiger partial charge in [-0.05, 0) is 38.0 Å². The van der Waals surface area contributed by atoms with E-state index in [0.29, 0.717) is 5.57 Å². The lowest BCUT2D eigenvalue weighted by atomic mass is 9.89. The average molecular weight is 396 g/mol. The largest absolute Gasteiger partial charge is 0.459 e. The molecule has 1 aromatic rings. The number of rotatable bonds is 14. The number of aromatic nitrogens is 1. The summed E-state index contributed by atoms with van der Waals surface area (Å²) in [6.07, 6.45) is 16.3. The lowest BCUT2D eigenvalue weighted by molar-refractivity contribution is -0.144. The molecule has 0 spiro atoms. The zero-order chi connectivity index (χ0) is 19.2. The number of hydrogen-bond donors (Lipinski definition) is 0. The van der Waals surface area contributed by atoms with Gasteiger partial charge in [0.1, 0.15) is 6.10 Å². The van der Waals surface area contributed by atoms with Crippen LogP contribution in [0.3, 0.4) is 0 Å². The van der Waals surface area contributed by atoms with Crippen LogP contribution in [0.5, 0.6) is 0 Å². The summed E-state index contributed by atoms with van der Waals surface area (Å²) in [6.45, 7) is 9.61. The van der Waals surface area contributed by atoms with Gasteiger partial charge in [0.15, 0.2) is 0 Å². The number of halogens is 1. The monoisotopic (exact) mass is 395 g/mol. The summed E-state index contributed by atoms with van der Waals surface area (Å²) in [5.74, 6) is -0.0884. The van der Waals surface area contributed by atoms with Crippen LogP contribution in [0.2, 0.25) is 0 Å². The topological polar surface area (TPSA) is 39.2 Å². The van der Waals surface area contributed by atoms with Crippen molar-refractivity contribution in [3.8, 4) is 0 Å². The van der Waals surface area contributed by atoms with Gasteiger partial charge >= 0.3 is 5.97 Å². The van der Waals surface area contributed by atoms with Gasteiger partial charge in [-0.25, -0.2) is 4.79 Å². The van der Waals surface area contributed by atoms with Crippen molar-refractivity contribution in [3.05, 3.63) is 42.2 Å². The Morgan fingerprint density at radius 3 is 2.07 bits per heavy atom. The van der Waals surface area contributed by atoms with Crippen molar-refractivity contribution in [2.75, 3.05) is 0 Å². The summed E-state index contributed by atoms with van der Waals surface area (Å²) in [5.41, 5.74) is 1.65. The second-order valence-corrected chi connectivity index (χ2v) is 7.39. The van der Waals surface area contributed by atoms with E-state index < -0.39 is 0 Å². The molecule has 0 aliphatic carbocycles. The maximum Gasteiger partial charge on any atom is 0.333 e. The molecule has 0 bridgehead atoms. The summed E-state index contributed by atoms with van der Waals surface area (Å²) in [6, 6.07) is 4.06. The van der Waals surface area contributed by atoms with Gasteiger partial charge in [-0.1, -0.05) is 71.3 Å². The van der Waals surface area contributed by atoms with E-state index in [1.165, 1.54) is 56.9 Å². The van der Waals surface area contributed by atoms with Gasteiger partial charge in [-0.15, -0.1) is 12.4 Å². The van der Waals surface area contributed by atoms with Gasteiger partial charge in [0.05, 0.1) is 0 Å². The third-order valence-corrected chi connectivity index (χ3v) is 4.96. The first-order chi connectivity index (χ1) is 12.6. The molecule has 2 atom stereocenters. The Morgan fingerprint density at radius 2 is 1.56 bits per heavy atom. The highest BCUT2D eigenvalue weighted by atomic mass is 35.5. The van der Waals surface area contributed by atoms with E-state index in [2.05, 4.69) is 18.5 Å². The van der Waals surface area contributed by atoms with Crippen LogP contribution in [0, 0.1) is 0 Å². The molecule has 0 aliphatic rings. The van der Waals surface area contributed by atoms with Gasteiger partial charge < -0.3 is 4.74 Å². The highest BCUT2D eigenvalue weighted by Crippen LogP contribution is 2.28. The van der Waals surface area contributed by atoms with Crippen LogP contribution >= 0.6 is 12.4 Å². The number of pyridine rings is 1. The summed E-state index contributed by atoms with van der Waals surface area (Å²) >= 11 is 0. The zero-order valence-corrected chi connectivity index (χ0v) is 18.2. The second-order valence-electron chi connectivity index (χ2n) is 7.39. The van der Waals surface area contributed by atoms with Crippen LogP contribution in [-0.4, -0.2) is 17.1 Å². The Morgan fingerprint density at radius 1 is 1.04 bits per heavy atom. The van der Waals surface area contributed by atoms with Crippen molar-refractivity contribution in [1.29, 1.82) is 0 Å². The predicted molar refractivity (Wildman–Crippen MR) is 116 cm³/mol. The third-order valence-electron chi connectivity index (χ3n) is 4.96. The highest BCUT2D eigenvalue weighted by molar-refractivity contribution is 5.87. The van der Waals surface area contributed by atoms with Crippen LogP contribution in [0.1, 0.15) is 96.5 Å². The zero-order valence-electron chi connectivity index (χ0n) is 17.4. The van der Waals surface area contributed by atoms with E-state index in [4.69, 9.17) is 4.74 Å². The van der Waals surface area contributed by atoms with Crippen molar-refractivity contribution in [2.45, 2.75) is 97.0 Å². The number of nitrogens with zero attached hydrogens (tertiary/aromatic N) is 1. The van der Waals surface area contributed by atoms with Gasteiger partial charge in [-0.2, -0.15) is 0 Å². The van der Waals surface area contributed by atoms with Gasteiger partial charge in [-0.3, -0.25) is 4.98 Å². The van der Waals surface area contributed by atoms with Crippen molar-refractivity contribution in [2.24, 2.45) is 0 Å².